The smallest absolute Gasteiger partial charge is 0.261 e. The number of halogens is 2. The molecule has 1 N–H and O–H groups in total. The van der Waals surface area contributed by atoms with E-state index in [9.17, 15) is 4.79 Å². The number of carbonyl (C=O) groups is 1. The molecule has 19 heavy (non-hydrogen) atoms. The van der Waals surface area contributed by atoms with Gasteiger partial charge in [-0.3, -0.25) is 4.79 Å². The molecule has 1 atom stereocenters. The molecule has 0 spiro atoms. The Balaban J connectivity index is 2.12. The van der Waals surface area contributed by atoms with Crippen molar-refractivity contribution in [3.63, 3.8) is 0 Å². The van der Waals surface area contributed by atoms with Crippen molar-refractivity contribution >= 4 is 60.4 Å². The molecule has 0 aliphatic carbocycles. The average Bonchev–Trinajstić information content (AvgIpc) is 2.82. The van der Waals surface area contributed by atoms with Crippen molar-refractivity contribution in [1.29, 1.82) is 0 Å². The first kappa shape index (κ1) is 15.2. The number of nitrogens with one attached hydrogen (secondary N) is 1. The molecule has 0 aliphatic rings. The standard InChI is InChI=1S/C13H13Br2NOS2/c1-6-4-9(8(3)18-6)7(2)16-13(17)11-5-10(14)12(15)19-11/h4-5,7H,1-3H3,(H,16,17). The van der Waals surface area contributed by atoms with E-state index in [0.29, 0.717) is 4.88 Å². The van der Waals surface area contributed by atoms with Crippen molar-refractivity contribution in [2.24, 2.45) is 0 Å². The molecule has 2 aromatic heterocycles. The molecule has 1 unspecified atom stereocenters. The lowest BCUT2D eigenvalue weighted by Crippen LogP contribution is -2.25. The molecular weight excluding hydrogens is 410 g/mol. The first-order valence-electron chi connectivity index (χ1n) is 5.71. The van der Waals surface area contributed by atoms with E-state index in [1.54, 1.807) is 11.3 Å². The highest BCUT2D eigenvalue weighted by Crippen LogP contribution is 2.33. The van der Waals surface area contributed by atoms with Gasteiger partial charge in [-0.05, 0) is 70.3 Å². The monoisotopic (exact) mass is 421 g/mol. The van der Waals surface area contributed by atoms with E-state index in [-0.39, 0.29) is 11.9 Å². The highest BCUT2D eigenvalue weighted by Gasteiger charge is 2.17. The summed E-state index contributed by atoms with van der Waals surface area (Å²) < 4.78 is 1.85. The SMILES string of the molecule is Cc1cc(C(C)NC(=O)c2cc(Br)c(Br)s2)c(C)s1. The summed E-state index contributed by atoms with van der Waals surface area (Å²) in [5.74, 6) is -0.0350. The van der Waals surface area contributed by atoms with Crippen molar-refractivity contribution in [3.8, 4) is 0 Å². The van der Waals surface area contributed by atoms with Crippen molar-refractivity contribution in [1.82, 2.24) is 5.32 Å². The van der Waals surface area contributed by atoms with Crippen LogP contribution in [0.3, 0.4) is 0 Å². The maximum Gasteiger partial charge on any atom is 0.261 e. The Morgan fingerprint density at radius 1 is 1.26 bits per heavy atom. The Kier molecular flexibility index (Phi) is 4.87. The van der Waals surface area contributed by atoms with E-state index >= 15 is 0 Å². The van der Waals surface area contributed by atoms with Crippen molar-refractivity contribution in [2.75, 3.05) is 0 Å². The Morgan fingerprint density at radius 3 is 2.42 bits per heavy atom. The number of rotatable bonds is 3. The first-order valence-corrected chi connectivity index (χ1v) is 8.93. The quantitative estimate of drug-likeness (QED) is 0.700. The van der Waals surface area contributed by atoms with Gasteiger partial charge in [0.25, 0.3) is 5.91 Å². The molecular formula is C13H13Br2NOS2. The number of aryl methyl sites for hydroxylation is 2. The largest absolute Gasteiger partial charge is 0.345 e. The lowest BCUT2D eigenvalue weighted by Gasteiger charge is -2.13. The number of amides is 1. The Labute approximate surface area is 137 Å². The molecule has 2 rings (SSSR count). The Hall–Kier alpha value is -0.170. The fourth-order valence-electron chi connectivity index (χ4n) is 1.88. The molecule has 0 saturated heterocycles. The van der Waals surface area contributed by atoms with Crippen LogP contribution in [0.1, 0.15) is 38.0 Å². The molecule has 2 nitrogen and oxygen atoms in total. The van der Waals surface area contributed by atoms with Crippen LogP contribution in [-0.2, 0) is 0 Å². The van der Waals surface area contributed by atoms with Gasteiger partial charge >= 0.3 is 0 Å². The minimum absolute atomic E-state index is 0.0251. The zero-order valence-electron chi connectivity index (χ0n) is 10.7. The zero-order valence-corrected chi connectivity index (χ0v) is 15.5. The second-order valence-electron chi connectivity index (χ2n) is 4.30. The molecule has 0 bridgehead atoms. The molecule has 0 aliphatic heterocycles. The van der Waals surface area contributed by atoms with E-state index < -0.39 is 0 Å². The molecule has 0 saturated carbocycles. The van der Waals surface area contributed by atoms with Crippen LogP contribution < -0.4 is 5.32 Å². The summed E-state index contributed by atoms with van der Waals surface area (Å²) >= 11 is 9.99. The highest BCUT2D eigenvalue weighted by atomic mass is 79.9. The predicted octanol–water partition coefficient (Wildman–Crippen LogP) is 5.44. The lowest BCUT2D eigenvalue weighted by molar-refractivity contribution is 0.0944. The summed E-state index contributed by atoms with van der Waals surface area (Å²) in [6.45, 7) is 6.20. The predicted molar refractivity (Wildman–Crippen MR) is 89.4 cm³/mol. The van der Waals surface area contributed by atoms with Crippen LogP contribution in [0.5, 0.6) is 0 Å². The first-order chi connectivity index (χ1) is 8.88. The van der Waals surface area contributed by atoms with Gasteiger partial charge in [-0.15, -0.1) is 22.7 Å². The number of hydrogen-bond acceptors (Lipinski definition) is 3. The van der Waals surface area contributed by atoms with Crippen LogP contribution in [0.25, 0.3) is 0 Å². The van der Waals surface area contributed by atoms with Crippen LogP contribution in [0.15, 0.2) is 20.4 Å². The molecule has 2 aromatic rings. The van der Waals surface area contributed by atoms with Gasteiger partial charge in [0.2, 0.25) is 0 Å². The van der Waals surface area contributed by atoms with Crippen LogP contribution in [0, 0.1) is 13.8 Å². The van der Waals surface area contributed by atoms with Gasteiger partial charge in [0.05, 0.1) is 14.7 Å². The second kappa shape index (κ2) is 6.08. The van der Waals surface area contributed by atoms with Gasteiger partial charge in [-0.2, -0.15) is 0 Å². The third-order valence-corrected chi connectivity index (χ3v) is 7.00. The van der Waals surface area contributed by atoms with Crippen molar-refractivity contribution in [3.05, 3.63) is 40.6 Å². The zero-order chi connectivity index (χ0) is 14.2. The summed E-state index contributed by atoms with van der Waals surface area (Å²) in [4.78, 5) is 15.4. The molecule has 0 aromatic carbocycles. The molecule has 2 heterocycles. The van der Waals surface area contributed by atoms with Crippen LogP contribution in [0.4, 0.5) is 0 Å². The van der Waals surface area contributed by atoms with E-state index in [4.69, 9.17) is 0 Å². The lowest BCUT2D eigenvalue weighted by atomic mass is 10.1. The number of thiophene rings is 2. The van der Waals surface area contributed by atoms with E-state index in [1.807, 2.05) is 13.0 Å². The molecule has 0 fully saturated rings. The van der Waals surface area contributed by atoms with Gasteiger partial charge in [-0.25, -0.2) is 0 Å². The number of hydrogen-bond donors (Lipinski definition) is 1. The van der Waals surface area contributed by atoms with Crippen LogP contribution >= 0.6 is 54.5 Å². The van der Waals surface area contributed by atoms with E-state index in [2.05, 4.69) is 57.1 Å². The second-order valence-corrected chi connectivity index (χ2v) is 8.98. The third kappa shape index (κ3) is 3.48. The molecule has 102 valence electrons. The summed E-state index contributed by atoms with van der Waals surface area (Å²) in [6.07, 6.45) is 0. The summed E-state index contributed by atoms with van der Waals surface area (Å²) in [6, 6.07) is 4.00. The van der Waals surface area contributed by atoms with Crippen LogP contribution in [-0.4, -0.2) is 5.91 Å². The molecule has 0 radical (unpaired) electrons. The van der Waals surface area contributed by atoms with Gasteiger partial charge in [0.15, 0.2) is 0 Å². The highest BCUT2D eigenvalue weighted by molar-refractivity contribution is 9.13. The van der Waals surface area contributed by atoms with Gasteiger partial charge in [-0.1, -0.05) is 0 Å². The van der Waals surface area contributed by atoms with Crippen molar-refractivity contribution < 1.29 is 4.79 Å². The summed E-state index contributed by atoms with van der Waals surface area (Å²) in [5.41, 5.74) is 1.20. The van der Waals surface area contributed by atoms with Gasteiger partial charge in [0.1, 0.15) is 0 Å². The molecule has 6 heteroatoms. The van der Waals surface area contributed by atoms with E-state index in [0.717, 1.165) is 8.26 Å². The maximum atomic E-state index is 12.2. The summed E-state index contributed by atoms with van der Waals surface area (Å²) in [7, 11) is 0. The fraction of sp³-hybridized carbons (Fsp3) is 0.308. The fourth-order valence-corrected chi connectivity index (χ4v) is 4.85. The number of carbonyl (C=O) groups excluding carboxylic acids is 1. The topological polar surface area (TPSA) is 29.1 Å². The third-order valence-electron chi connectivity index (χ3n) is 2.76. The molecule has 1 amide bonds. The minimum Gasteiger partial charge on any atom is -0.345 e. The van der Waals surface area contributed by atoms with Gasteiger partial charge in [0, 0.05) is 14.2 Å². The van der Waals surface area contributed by atoms with Crippen LogP contribution in [0.2, 0.25) is 0 Å². The van der Waals surface area contributed by atoms with Gasteiger partial charge < -0.3 is 5.32 Å². The van der Waals surface area contributed by atoms with E-state index in [1.165, 1.54) is 26.7 Å². The Morgan fingerprint density at radius 2 is 1.95 bits per heavy atom. The average molecular weight is 423 g/mol. The Bertz CT molecular complexity index is 599. The van der Waals surface area contributed by atoms with Crippen molar-refractivity contribution in [2.45, 2.75) is 26.8 Å². The maximum absolute atomic E-state index is 12.2. The minimum atomic E-state index is -0.0350. The summed E-state index contributed by atoms with van der Waals surface area (Å²) in [5, 5.41) is 3.04. The normalized spacial score (nSPS) is 12.5.